The number of carbonyl (C=O) groups excluding carboxylic acids is 1. The molecule has 152 valence electrons. The molecule has 1 heterocycles. The summed E-state index contributed by atoms with van der Waals surface area (Å²) in [5, 5.41) is 9.78. The maximum atomic E-state index is 13.2. The molecule has 0 unspecified atom stereocenters. The van der Waals surface area contributed by atoms with Crippen molar-refractivity contribution in [2.24, 2.45) is 0 Å². The molecule has 0 saturated carbocycles. The Morgan fingerprint density at radius 3 is 2.31 bits per heavy atom. The number of nitrogens with one attached hydrogen (secondary N) is 2. The molecule has 1 amide bonds. The lowest BCUT2D eigenvalue weighted by Gasteiger charge is -2.28. The van der Waals surface area contributed by atoms with E-state index < -0.39 is 17.5 Å². The van der Waals surface area contributed by atoms with Crippen LogP contribution in [0.5, 0.6) is 0 Å². The molecule has 0 spiro atoms. The molecular formula is C21H21F3N4O. The van der Waals surface area contributed by atoms with E-state index in [1.165, 1.54) is 24.3 Å². The average molecular weight is 402 g/mol. The van der Waals surface area contributed by atoms with Crippen LogP contribution in [0.2, 0.25) is 0 Å². The number of hydrogen-bond acceptors (Lipinski definition) is 3. The standard InChI is InChI=1S/C21H21F3N4O/c1-4-17-26-18(28-27-17)15-7-5-6-8-16(15)25-19(29)13-9-11-14(12-10-13)20(2,3)21(22,23)24/h5-12H,4H2,1-3H3,(H,25,29)(H,26,27,28). The Hall–Kier alpha value is -3.16. The van der Waals surface area contributed by atoms with E-state index in [9.17, 15) is 18.0 Å². The van der Waals surface area contributed by atoms with Crippen LogP contribution in [0.3, 0.4) is 0 Å². The summed E-state index contributed by atoms with van der Waals surface area (Å²) in [6.45, 7) is 4.17. The third-order valence-corrected chi connectivity index (χ3v) is 4.86. The SMILES string of the molecule is CCc1nc(-c2ccccc2NC(=O)c2ccc(C(C)(C)C(F)(F)F)cc2)n[nH]1. The van der Waals surface area contributed by atoms with Crippen LogP contribution in [0.15, 0.2) is 48.5 Å². The van der Waals surface area contributed by atoms with E-state index >= 15 is 0 Å². The monoisotopic (exact) mass is 402 g/mol. The number of carbonyl (C=O) groups is 1. The minimum atomic E-state index is -4.39. The van der Waals surface area contributed by atoms with Crippen LogP contribution in [0.4, 0.5) is 18.9 Å². The molecule has 0 radical (unpaired) electrons. The van der Waals surface area contributed by atoms with Crippen molar-refractivity contribution in [3.05, 3.63) is 65.5 Å². The molecule has 0 bridgehead atoms. The number of nitrogens with zero attached hydrogens (tertiary/aromatic N) is 2. The van der Waals surface area contributed by atoms with Crippen molar-refractivity contribution in [1.29, 1.82) is 0 Å². The first-order valence-corrected chi connectivity index (χ1v) is 9.12. The second-order valence-electron chi connectivity index (χ2n) is 7.16. The smallest absolute Gasteiger partial charge is 0.321 e. The van der Waals surface area contributed by atoms with E-state index in [2.05, 4.69) is 20.5 Å². The molecule has 0 fully saturated rings. The zero-order valence-corrected chi connectivity index (χ0v) is 16.3. The summed E-state index contributed by atoms with van der Waals surface area (Å²) in [5.74, 6) is 0.754. The number of aromatic amines is 1. The molecule has 0 aliphatic heterocycles. The van der Waals surface area contributed by atoms with Crippen LogP contribution in [0.25, 0.3) is 11.4 Å². The van der Waals surface area contributed by atoms with Gasteiger partial charge in [0.1, 0.15) is 5.82 Å². The van der Waals surface area contributed by atoms with Gasteiger partial charge in [0.2, 0.25) is 0 Å². The van der Waals surface area contributed by atoms with Gasteiger partial charge < -0.3 is 5.32 Å². The molecule has 3 aromatic rings. The van der Waals surface area contributed by atoms with Crippen molar-refractivity contribution in [2.75, 3.05) is 5.32 Å². The van der Waals surface area contributed by atoms with Crippen molar-refractivity contribution in [3.63, 3.8) is 0 Å². The van der Waals surface area contributed by atoms with E-state index in [4.69, 9.17) is 0 Å². The van der Waals surface area contributed by atoms with Crippen molar-refractivity contribution < 1.29 is 18.0 Å². The van der Waals surface area contributed by atoms with Gasteiger partial charge in [-0.05, 0) is 43.7 Å². The molecule has 8 heteroatoms. The van der Waals surface area contributed by atoms with Gasteiger partial charge in [-0.25, -0.2) is 4.98 Å². The number of benzene rings is 2. The summed E-state index contributed by atoms with van der Waals surface area (Å²) in [6, 6.07) is 12.5. The first kappa shape index (κ1) is 20.6. The zero-order valence-electron chi connectivity index (χ0n) is 16.3. The van der Waals surface area contributed by atoms with Crippen LogP contribution in [0.1, 0.15) is 42.5 Å². The molecule has 0 aliphatic carbocycles. The van der Waals surface area contributed by atoms with Crippen LogP contribution in [-0.4, -0.2) is 27.3 Å². The highest BCUT2D eigenvalue weighted by atomic mass is 19.4. The fourth-order valence-corrected chi connectivity index (χ4v) is 2.76. The lowest BCUT2D eigenvalue weighted by molar-refractivity contribution is -0.180. The first-order valence-electron chi connectivity index (χ1n) is 9.12. The molecule has 5 nitrogen and oxygen atoms in total. The van der Waals surface area contributed by atoms with E-state index in [-0.39, 0.29) is 11.1 Å². The predicted octanol–water partition coefficient (Wildman–Crippen LogP) is 5.13. The number of aryl methyl sites for hydroxylation is 1. The Bertz CT molecular complexity index is 1010. The second-order valence-corrected chi connectivity index (χ2v) is 7.16. The highest BCUT2D eigenvalue weighted by molar-refractivity contribution is 6.06. The number of amides is 1. The largest absolute Gasteiger partial charge is 0.397 e. The molecule has 0 aliphatic rings. The first-order chi connectivity index (χ1) is 13.6. The number of alkyl halides is 3. The fourth-order valence-electron chi connectivity index (χ4n) is 2.76. The summed E-state index contributed by atoms with van der Waals surface area (Å²) in [5.41, 5.74) is -0.497. The number of halogens is 3. The van der Waals surface area contributed by atoms with Gasteiger partial charge in [0.15, 0.2) is 5.82 Å². The zero-order chi connectivity index (χ0) is 21.2. The summed E-state index contributed by atoms with van der Waals surface area (Å²) in [4.78, 5) is 17.0. The number of anilines is 1. The number of aromatic nitrogens is 3. The summed E-state index contributed by atoms with van der Waals surface area (Å²) in [6.07, 6.45) is -3.69. The number of para-hydroxylation sites is 1. The van der Waals surface area contributed by atoms with Gasteiger partial charge >= 0.3 is 6.18 Å². The Morgan fingerprint density at radius 2 is 1.72 bits per heavy atom. The molecule has 3 rings (SSSR count). The Balaban J connectivity index is 1.83. The third kappa shape index (κ3) is 4.16. The number of H-pyrrole nitrogens is 1. The topological polar surface area (TPSA) is 70.7 Å². The maximum Gasteiger partial charge on any atom is 0.397 e. The minimum Gasteiger partial charge on any atom is -0.321 e. The van der Waals surface area contributed by atoms with E-state index in [0.717, 1.165) is 19.7 Å². The molecular weight excluding hydrogens is 381 g/mol. The van der Waals surface area contributed by atoms with Gasteiger partial charge in [0.05, 0.1) is 11.1 Å². The quantitative estimate of drug-likeness (QED) is 0.622. The molecule has 2 N–H and O–H groups in total. The van der Waals surface area contributed by atoms with Gasteiger partial charge in [-0.3, -0.25) is 9.89 Å². The highest BCUT2D eigenvalue weighted by Gasteiger charge is 2.48. The van der Waals surface area contributed by atoms with E-state index in [1.54, 1.807) is 24.3 Å². The van der Waals surface area contributed by atoms with Gasteiger partial charge in [-0.1, -0.05) is 31.2 Å². The molecule has 29 heavy (non-hydrogen) atoms. The van der Waals surface area contributed by atoms with Crippen LogP contribution >= 0.6 is 0 Å². The molecule has 2 aromatic carbocycles. The highest BCUT2D eigenvalue weighted by Crippen LogP contribution is 2.40. The third-order valence-electron chi connectivity index (χ3n) is 4.86. The average Bonchev–Trinajstić information content (AvgIpc) is 3.16. The molecule has 0 saturated heterocycles. The van der Waals surface area contributed by atoms with Crippen molar-refractivity contribution >= 4 is 11.6 Å². The number of rotatable bonds is 5. The molecule has 0 atom stereocenters. The lowest BCUT2D eigenvalue weighted by atomic mass is 9.83. The van der Waals surface area contributed by atoms with Gasteiger partial charge in [-0.15, -0.1) is 0 Å². The van der Waals surface area contributed by atoms with Crippen molar-refractivity contribution in [3.8, 4) is 11.4 Å². The van der Waals surface area contributed by atoms with Crippen LogP contribution in [-0.2, 0) is 11.8 Å². The Labute approximate surface area is 166 Å². The normalized spacial score (nSPS) is 12.1. The summed E-state index contributed by atoms with van der Waals surface area (Å²) >= 11 is 0. The fraction of sp³-hybridized carbons (Fsp3) is 0.286. The van der Waals surface area contributed by atoms with Crippen molar-refractivity contribution in [1.82, 2.24) is 15.2 Å². The predicted molar refractivity (Wildman–Crippen MR) is 105 cm³/mol. The second kappa shape index (κ2) is 7.69. The summed E-state index contributed by atoms with van der Waals surface area (Å²) < 4.78 is 39.6. The lowest BCUT2D eigenvalue weighted by Crippen LogP contribution is -2.36. The summed E-state index contributed by atoms with van der Waals surface area (Å²) in [7, 11) is 0. The van der Waals surface area contributed by atoms with Gasteiger partial charge in [0, 0.05) is 17.5 Å². The van der Waals surface area contributed by atoms with E-state index in [0.29, 0.717) is 23.5 Å². The van der Waals surface area contributed by atoms with Crippen LogP contribution in [0, 0.1) is 0 Å². The van der Waals surface area contributed by atoms with Crippen LogP contribution < -0.4 is 5.32 Å². The number of hydrogen-bond donors (Lipinski definition) is 2. The Morgan fingerprint density at radius 1 is 1.07 bits per heavy atom. The van der Waals surface area contributed by atoms with Crippen molar-refractivity contribution in [2.45, 2.75) is 38.8 Å². The Kier molecular flexibility index (Phi) is 5.46. The molecule has 1 aromatic heterocycles. The maximum absolute atomic E-state index is 13.2. The van der Waals surface area contributed by atoms with Gasteiger partial charge in [0.25, 0.3) is 5.91 Å². The van der Waals surface area contributed by atoms with Gasteiger partial charge in [-0.2, -0.15) is 18.3 Å². The van der Waals surface area contributed by atoms with E-state index in [1.807, 2.05) is 6.92 Å². The minimum absolute atomic E-state index is 0.0924.